The zero-order chi connectivity index (χ0) is 14.3. The van der Waals surface area contributed by atoms with Crippen molar-refractivity contribution in [3.8, 4) is 0 Å². The number of hydrogen-bond donors (Lipinski definition) is 3. The van der Waals surface area contributed by atoms with E-state index in [4.69, 9.17) is 10.2 Å². The Balaban J connectivity index is 2.05. The summed E-state index contributed by atoms with van der Waals surface area (Å²) in [4.78, 5) is 13.8. The number of hydrogen-bond acceptors (Lipinski definition) is 4. The third kappa shape index (κ3) is 2.30. The van der Waals surface area contributed by atoms with E-state index in [1.165, 1.54) is 0 Å². The van der Waals surface area contributed by atoms with Crippen LogP contribution >= 0.6 is 15.9 Å². The van der Waals surface area contributed by atoms with Gasteiger partial charge in [-0.25, -0.2) is 4.79 Å². The monoisotopic (exact) mass is 333 g/mol. The van der Waals surface area contributed by atoms with Crippen LogP contribution in [0.2, 0.25) is 0 Å². The molecule has 2 aromatic carbocycles. The second kappa shape index (κ2) is 4.72. The van der Waals surface area contributed by atoms with Crippen LogP contribution in [0.4, 0.5) is 17.1 Å². The highest BCUT2D eigenvalue weighted by Gasteiger charge is 2.08. The summed E-state index contributed by atoms with van der Waals surface area (Å²) in [5.41, 5.74) is 10.3. The van der Waals surface area contributed by atoms with E-state index < -0.39 is 5.76 Å². The van der Waals surface area contributed by atoms with Gasteiger partial charge in [-0.2, -0.15) is 0 Å². The van der Waals surface area contributed by atoms with Crippen LogP contribution in [0.25, 0.3) is 11.1 Å². The molecular formula is C14H12BrN3O2. The van der Waals surface area contributed by atoms with E-state index in [0.717, 1.165) is 21.4 Å². The number of fused-ring (bicyclic) bond motifs is 1. The van der Waals surface area contributed by atoms with Crippen LogP contribution in [-0.4, -0.2) is 4.98 Å². The number of benzene rings is 2. The minimum Gasteiger partial charge on any atom is -0.408 e. The molecule has 0 aliphatic heterocycles. The van der Waals surface area contributed by atoms with Gasteiger partial charge in [0, 0.05) is 16.2 Å². The number of rotatable bonds is 2. The molecule has 1 aromatic heterocycles. The highest BCUT2D eigenvalue weighted by atomic mass is 79.9. The molecule has 1 heterocycles. The normalized spacial score (nSPS) is 10.9. The molecule has 0 radical (unpaired) electrons. The Labute approximate surface area is 122 Å². The molecule has 0 saturated heterocycles. The molecule has 20 heavy (non-hydrogen) atoms. The van der Waals surface area contributed by atoms with Gasteiger partial charge in [0.2, 0.25) is 0 Å². The molecule has 6 heteroatoms. The fraction of sp³-hybridized carbons (Fsp3) is 0.0714. The molecule has 3 aromatic rings. The van der Waals surface area contributed by atoms with Gasteiger partial charge in [-0.3, -0.25) is 4.98 Å². The molecule has 0 bridgehead atoms. The van der Waals surface area contributed by atoms with Gasteiger partial charge in [-0.15, -0.1) is 0 Å². The lowest BCUT2D eigenvalue weighted by atomic mass is 10.2. The molecule has 5 nitrogen and oxygen atoms in total. The van der Waals surface area contributed by atoms with Gasteiger partial charge in [0.1, 0.15) is 0 Å². The molecule has 0 amide bonds. The molecule has 0 atom stereocenters. The lowest BCUT2D eigenvalue weighted by molar-refractivity contribution is 0.555. The zero-order valence-corrected chi connectivity index (χ0v) is 12.2. The molecule has 0 fully saturated rings. The van der Waals surface area contributed by atoms with Gasteiger partial charge in [-0.1, -0.05) is 15.9 Å². The van der Waals surface area contributed by atoms with Gasteiger partial charge in [0.05, 0.1) is 16.9 Å². The van der Waals surface area contributed by atoms with Gasteiger partial charge >= 0.3 is 5.76 Å². The van der Waals surface area contributed by atoms with Crippen LogP contribution in [0.3, 0.4) is 0 Å². The van der Waals surface area contributed by atoms with E-state index in [1.54, 1.807) is 12.1 Å². The number of halogens is 1. The minimum absolute atomic E-state index is 0.450. The summed E-state index contributed by atoms with van der Waals surface area (Å²) in [5.74, 6) is -0.489. The van der Waals surface area contributed by atoms with E-state index in [9.17, 15) is 4.79 Å². The second-order valence-electron chi connectivity index (χ2n) is 4.53. The number of anilines is 3. The molecule has 0 aliphatic rings. The van der Waals surface area contributed by atoms with Crippen molar-refractivity contribution in [3.63, 3.8) is 0 Å². The largest absolute Gasteiger partial charge is 0.417 e. The minimum atomic E-state index is -0.489. The number of aromatic nitrogens is 1. The number of H-pyrrole nitrogens is 1. The van der Waals surface area contributed by atoms with Crippen molar-refractivity contribution in [2.75, 3.05) is 11.1 Å². The first kappa shape index (κ1) is 12.8. The molecule has 0 unspecified atom stereocenters. The molecule has 102 valence electrons. The Bertz CT molecular complexity index is 851. The number of aryl methyl sites for hydroxylation is 1. The maximum Gasteiger partial charge on any atom is 0.417 e. The molecule has 0 aliphatic carbocycles. The summed E-state index contributed by atoms with van der Waals surface area (Å²) in [7, 11) is 0. The highest BCUT2D eigenvalue weighted by Crippen LogP contribution is 2.29. The number of oxazole rings is 1. The van der Waals surface area contributed by atoms with E-state index in [0.29, 0.717) is 16.8 Å². The lowest BCUT2D eigenvalue weighted by Gasteiger charge is -2.12. The number of nitrogens with two attached hydrogens (primary N) is 1. The Morgan fingerprint density at radius 3 is 2.80 bits per heavy atom. The zero-order valence-electron chi connectivity index (χ0n) is 10.7. The van der Waals surface area contributed by atoms with Crippen LogP contribution in [0, 0.1) is 6.92 Å². The number of nitrogen functional groups attached to an aromatic ring is 1. The highest BCUT2D eigenvalue weighted by molar-refractivity contribution is 9.10. The van der Waals surface area contributed by atoms with E-state index in [1.807, 2.05) is 25.1 Å². The van der Waals surface area contributed by atoms with Crippen molar-refractivity contribution in [3.05, 3.63) is 50.9 Å². The SMILES string of the molecule is Cc1cc(Br)ccc1Nc1cc2[nH]c(=O)oc2cc1N. The fourth-order valence-corrected chi connectivity index (χ4v) is 2.51. The van der Waals surface area contributed by atoms with Crippen molar-refractivity contribution in [2.24, 2.45) is 0 Å². The quantitative estimate of drug-likeness (QED) is 0.626. The summed E-state index contributed by atoms with van der Waals surface area (Å²) in [6.45, 7) is 2.00. The van der Waals surface area contributed by atoms with Crippen LogP contribution in [0.1, 0.15) is 5.56 Å². The molecule has 0 saturated carbocycles. The average Bonchev–Trinajstić information content (AvgIpc) is 2.72. The Hall–Kier alpha value is -2.21. The first-order chi connectivity index (χ1) is 9.52. The van der Waals surface area contributed by atoms with Gasteiger partial charge < -0.3 is 15.5 Å². The van der Waals surface area contributed by atoms with Crippen LogP contribution in [0.5, 0.6) is 0 Å². The average molecular weight is 334 g/mol. The summed E-state index contributed by atoms with van der Waals surface area (Å²) in [6, 6.07) is 9.31. The third-order valence-corrected chi connectivity index (χ3v) is 3.54. The molecular weight excluding hydrogens is 322 g/mol. The van der Waals surface area contributed by atoms with Crippen LogP contribution < -0.4 is 16.8 Å². The first-order valence-electron chi connectivity index (χ1n) is 5.98. The van der Waals surface area contributed by atoms with Crippen LogP contribution in [0.15, 0.2) is 44.0 Å². The van der Waals surface area contributed by atoms with Crippen molar-refractivity contribution >= 4 is 44.1 Å². The summed E-state index contributed by atoms with van der Waals surface area (Å²) < 4.78 is 5.99. The predicted molar refractivity (Wildman–Crippen MR) is 83.4 cm³/mol. The number of nitrogens with one attached hydrogen (secondary N) is 2. The predicted octanol–water partition coefficient (Wildman–Crippen LogP) is 3.52. The smallest absolute Gasteiger partial charge is 0.408 e. The van der Waals surface area contributed by atoms with Gasteiger partial charge in [-0.05, 0) is 36.8 Å². The summed E-state index contributed by atoms with van der Waals surface area (Å²) in [6.07, 6.45) is 0. The van der Waals surface area contributed by atoms with E-state index in [-0.39, 0.29) is 0 Å². The van der Waals surface area contributed by atoms with Gasteiger partial charge in [0.15, 0.2) is 5.58 Å². The molecule has 0 spiro atoms. The molecule has 3 rings (SSSR count). The summed E-state index contributed by atoms with van der Waals surface area (Å²) in [5, 5.41) is 3.26. The Morgan fingerprint density at radius 1 is 1.25 bits per heavy atom. The third-order valence-electron chi connectivity index (χ3n) is 3.05. The fourth-order valence-electron chi connectivity index (χ4n) is 2.03. The van der Waals surface area contributed by atoms with E-state index in [2.05, 4.69) is 26.2 Å². The van der Waals surface area contributed by atoms with Crippen molar-refractivity contribution in [2.45, 2.75) is 6.92 Å². The van der Waals surface area contributed by atoms with E-state index >= 15 is 0 Å². The standard InChI is InChI=1S/C14H12BrN3O2/c1-7-4-8(15)2-3-10(7)17-11-6-12-13(5-9(11)16)20-14(19)18-12/h2-6,17H,16H2,1H3,(H,18,19). The van der Waals surface area contributed by atoms with Crippen molar-refractivity contribution in [1.29, 1.82) is 0 Å². The van der Waals surface area contributed by atoms with Crippen molar-refractivity contribution in [1.82, 2.24) is 4.98 Å². The Morgan fingerprint density at radius 2 is 2.05 bits per heavy atom. The maximum atomic E-state index is 11.2. The molecule has 4 N–H and O–H groups in total. The maximum absolute atomic E-state index is 11.2. The number of aromatic amines is 1. The first-order valence-corrected chi connectivity index (χ1v) is 6.78. The Kier molecular flexibility index (Phi) is 3.02. The van der Waals surface area contributed by atoms with Gasteiger partial charge in [0.25, 0.3) is 0 Å². The summed E-state index contributed by atoms with van der Waals surface area (Å²) >= 11 is 3.43. The van der Waals surface area contributed by atoms with Crippen LogP contribution in [-0.2, 0) is 0 Å². The topological polar surface area (TPSA) is 84.0 Å². The van der Waals surface area contributed by atoms with Crippen molar-refractivity contribution < 1.29 is 4.42 Å². The lowest BCUT2D eigenvalue weighted by Crippen LogP contribution is -1.98. The second-order valence-corrected chi connectivity index (χ2v) is 5.45.